The molecule has 4 nitrogen and oxygen atoms in total. The van der Waals surface area contributed by atoms with Crippen molar-refractivity contribution in [2.45, 2.75) is 57.4 Å². The molecule has 102 valence electrons. The molecule has 0 aliphatic heterocycles. The predicted octanol–water partition coefficient (Wildman–Crippen LogP) is 2.74. The Morgan fingerprint density at radius 2 is 2.22 bits per heavy atom. The van der Waals surface area contributed by atoms with Crippen molar-refractivity contribution in [2.75, 3.05) is 12.8 Å². The Hall–Kier alpha value is -0.550. The van der Waals surface area contributed by atoms with E-state index in [0.717, 1.165) is 29.9 Å². The van der Waals surface area contributed by atoms with Crippen molar-refractivity contribution in [1.82, 2.24) is 15.0 Å². The molecule has 0 saturated heterocycles. The van der Waals surface area contributed by atoms with Gasteiger partial charge in [-0.2, -0.15) is 16.7 Å². The fourth-order valence-electron chi connectivity index (χ4n) is 2.55. The summed E-state index contributed by atoms with van der Waals surface area (Å²) in [6.45, 7) is 5.08. The number of hydrogen-bond donors (Lipinski definition) is 0. The third kappa shape index (κ3) is 3.48. The molecule has 0 amide bonds. The molecule has 2 atom stereocenters. The van der Waals surface area contributed by atoms with E-state index in [1.54, 1.807) is 0 Å². The highest BCUT2D eigenvalue weighted by molar-refractivity contribution is 7.99. The van der Waals surface area contributed by atoms with E-state index in [-0.39, 0.29) is 0 Å². The van der Waals surface area contributed by atoms with Crippen LogP contribution < -0.4 is 0 Å². The first-order valence-electron chi connectivity index (χ1n) is 6.86. The molecule has 1 aromatic heterocycles. The summed E-state index contributed by atoms with van der Waals surface area (Å²) in [6, 6.07) is 0.678. The Bertz CT molecular complexity index is 369. The smallest absolute Gasteiger partial charge is 0.226 e. The van der Waals surface area contributed by atoms with Gasteiger partial charge in [-0.3, -0.25) is 4.90 Å². The molecule has 0 spiro atoms. The molecule has 1 aliphatic rings. The molecule has 18 heavy (non-hydrogen) atoms. The molecular weight excluding hydrogens is 246 g/mol. The Morgan fingerprint density at radius 3 is 2.89 bits per heavy atom. The lowest BCUT2D eigenvalue weighted by atomic mass is 10.2. The Kier molecular flexibility index (Phi) is 5.06. The molecule has 0 radical (unpaired) electrons. The molecule has 2 rings (SSSR count). The van der Waals surface area contributed by atoms with Crippen LogP contribution >= 0.6 is 11.8 Å². The van der Waals surface area contributed by atoms with Gasteiger partial charge < -0.3 is 4.52 Å². The molecule has 1 aromatic rings. The van der Waals surface area contributed by atoms with Crippen LogP contribution in [0.1, 0.15) is 44.8 Å². The van der Waals surface area contributed by atoms with E-state index in [1.807, 2.05) is 6.92 Å². The highest BCUT2D eigenvalue weighted by Gasteiger charge is 2.27. The first kappa shape index (κ1) is 13.9. The van der Waals surface area contributed by atoms with E-state index in [2.05, 4.69) is 40.8 Å². The van der Waals surface area contributed by atoms with Gasteiger partial charge in [0.15, 0.2) is 5.82 Å². The van der Waals surface area contributed by atoms with Crippen molar-refractivity contribution in [2.24, 2.45) is 0 Å². The topological polar surface area (TPSA) is 42.2 Å². The van der Waals surface area contributed by atoms with Crippen LogP contribution in [0.25, 0.3) is 0 Å². The summed E-state index contributed by atoms with van der Waals surface area (Å²) in [5.74, 6) is 2.79. The van der Waals surface area contributed by atoms with Gasteiger partial charge in [0.2, 0.25) is 5.89 Å². The van der Waals surface area contributed by atoms with Gasteiger partial charge in [-0.05, 0) is 32.1 Å². The fraction of sp³-hybridized carbons (Fsp3) is 0.846. The van der Waals surface area contributed by atoms with E-state index < -0.39 is 0 Å². The van der Waals surface area contributed by atoms with Crippen LogP contribution in [0.2, 0.25) is 0 Å². The Morgan fingerprint density at radius 1 is 1.39 bits per heavy atom. The second kappa shape index (κ2) is 6.57. The van der Waals surface area contributed by atoms with E-state index in [1.165, 1.54) is 25.0 Å². The fourth-order valence-corrected chi connectivity index (χ4v) is 3.69. The van der Waals surface area contributed by atoms with Crippen LogP contribution in [-0.4, -0.2) is 39.1 Å². The van der Waals surface area contributed by atoms with E-state index in [9.17, 15) is 0 Å². The Labute approximate surface area is 114 Å². The summed E-state index contributed by atoms with van der Waals surface area (Å²) in [4.78, 5) is 6.75. The highest BCUT2D eigenvalue weighted by atomic mass is 32.2. The van der Waals surface area contributed by atoms with Crippen molar-refractivity contribution >= 4 is 11.8 Å². The summed E-state index contributed by atoms with van der Waals surface area (Å²) in [5.41, 5.74) is 0. The third-order valence-corrected chi connectivity index (χ3v) is 4.82. The van der Waals surface area contributed by atoms with E-state index in [4.69, 9.17) is 4.52 Å². The number of rotatable bonds is 6. The molecular formula is C13H23N3OS. The third-order valence-electron chi connectivity index (χ3n) is 3.59. The lowest BCUT2D eigenvalue weighted by molar-refractivity contribution is 0.228. The molecule has 1 fully saturated rings. The van der Waals surface area contributed by atoms with Gasteiger partial charge >= 0.3 is 0 Å². The number of aryl methyl sites for hydroxylation is 1. The number of hydrogen-bond acceptors (Lipinski definition) is 5. The largest absolute Gasteiger partial charge is 0.339 e. The first-order valence-corrected chi connectivity index (χ1v) is 7.91. The molecule has 5 heteroatoms. The van der Waals surface area contributed by atoms with Crippen LogP contribution in [0.5, 0.6) is 0 Å². The predicted molar refractivity (Wildman–Crippen MR) is 74.7 cm³/mol. The van der Waals surface area contributed by atoms with Crippen molar-refractivity contribution in [1.29, 1.82) is 0 Å². The summed E-state index contributed by atoms with van der Waals surface area (Å²) in [6.07, 6.45) is 4.76. The number of nitrogens with zero attached hydrogens (tertiary/aromatic N) is 3. The average Bonchev–Trinajstić information content (AvgIpc) is 2.98. The summed E-state index contributed by atoms with van der Waals surface area (Å²) >= 11 is 2.10. The van der Waals surface area contributed by atoms with E-state index >= 15 is 0 Å². The second-order valence-corrected chi connectivity index (χ2v) is 6.49. The zero-order valence-electron chi connectivity index (χ0n) is 11.6. The van der Waals surface area contributed by atoms with Gasteiger partial charge in [0.25, 0.3) is 0 Å². The maximum Gasteiger partial charge on any atom is 0.226 e. The maximum absolute atomic E-state index is 5.15. The molecule has 0 bridgehead atoms. The van der Waals surface area contributed by atoms with Crippen molar-refractivity contribution in [3.8, 4) is 0 Å². The van der Waals surface area contributed by atoms with Crippen LogP contribution in [0.3, 0.4) is 0 Å². The molecule has 1 aliphatic carbocycles. The quantitative estimate of drug-likeness (QED) is 0.794. The van der Waals surface area contributed by atoms with Crippen LogP contribution in [0.15, 0.2) is 4.52 Å². The van der Waals surface area contributed by atoms with Gasteiger partial charge in [0.05, 0.1) is 6.54 Å². The average molecular weight is 269 g/mol. The van der Waals surface area contributed by atoms with Crippen LogP contribution in [0.4, 0.5) is 0 Å². The second-order valence-electron chi connectivity index (χ2n) is 4.92. The lowest BCUT2D eigenvalue weighted by Crippen LogP contribution is -2.29. The highest BCUT2D eigenvalue weighted by Crippen LogP contribution is 2.32. The normalized spacial score (nSPS) is 24.0. The summed E-state index contributed by atoms with van der Waals surface area (Å²) < 4.78 is 5.15. The van der Waals surface area contributed by atoms with Gasteiger partial charge in [-0.25, -0.2) is 0 Å². The van der Waals surface area contributed by atoms with Gasteiger partial charge in [0, 0.05) is 17.7 Å². The van der Waals surface area contributed by atoms with Crippen LogP contribution in [0, 0.1) is 0 Å². The monoisotopic (exact) mass is 269 g/mol. The number of aromatic nitrogens is 2. The summed E-state index contributed by atoms with van der Waals surface area (Å²) in [7, 11) is 2.17. The van der Waals surface area contributed by atoms with Crippen LogP contribution in [-0.2, 0) is 13.0 Å². The molecule has 0 aromatic carbocycles. The van der Waals surface area contributed by atoms with E-state index in [0.29, 0.717) is 6.04 Å². The molecule has 0 unspecified atom stereocenters. The Balaban J connectivity index is 1.83. The van der Waals surface area contributed by atoms with Gasteiger partial charge in [-0.15, -0.1) is 0 Å². The molecule has 0 N–H and O–H groups in total. The molecule has 1 saturated carbocycles. The lowest BCUT2D eigenvalue weighted by Gasteiger charge is -2.22. The zero-order chi connectivity index (χ0) is 13.0. The summed E-state index contributed by atoms with van der Waals surface area (Å²) in [5, 5.41) is 4.87. The SMILES string of the molecule is CCS[C@@H]1CC[C@H](N(C)Cc2noc(CC)n2)C1. The standard InChI is InChI=1S/C13H23N3OS/c1-4-13-14-12(15-17-13)9-16(3)10-6-7-11(8-10)18-5-2/h10-11H,4-9H2,1-3H3/t10-,11+/m0/s1. The first-order chi connectivity index (χ1) is 8.72. The van der Waals surface area contributed by atoms with Crippen molar-refractivity contribution < 1.29 is 4.52 Å². The van der Waals surface area contributed by atoms with Gasteiger partial charge in [-0.1, -0.05) is 19.0 Å². The minimum atomic E-state index is 0.678. The van der Waals surface area contributed by atoms with Crippen molar-refractivity contribution in [3.05, 3.63) is 11.7 Å². The number of thioether (sulfide) groups is 1. The van der Waals surface area contributed by atoms with Gasteiger partial charge in [0.1, 0.15) is 0 Å². The maximum atomic E-state index is 5.15. The van der Waals surface area contributed by atoms with Crippen molar-refractivity contribution in [3.63, 3.8) is 0 Å². The minimum Gasteiger partial charge on any atom is -0.339 e. The molecule has 1 heterocycles. The zero-order valence-corrected chi connectivity index (χ0v) is 12.4. The minimum absolute atomic E-state index is 0.678.